The highest BCUT2D eigenvalue weighted by molar-refractivity contribution is 7.10. The van der Waals surface area contributed by atoms with Crippen LogP contribution in [0.25, 0.3) is 0 Å². The van der Waals surface area contributed by atoms with Gasteiger partial charge in [0.25, 0.3) is 5.91 Å². The van der Waals surface area contributed by atoms with Crippen LogP contribution in [-0.2, 0) is 4.79 Å². The highest BCUT2D eigenvalue weighted by Crippen LogP contribution is 2.27. The van der Waals surface area contributed by atoms with E-state index in [1.165, 1.54) is 4.88 Å². The van der Waals surface area contributed by atoms with Gasteiger partial charge < -0.3 is 10.0 Å². The van der Waals surface area contributed by atoms with Gasteiger partial charge in [-0.05, 0) is 45.1 Å². The molecule has 1 atom stereocenters. The van der Waals surface area contributed by atoms with Crippen molar-refractivity contribution in [1.29, 1.82) is 0 Å². The molecule has 0 bridgehead atoms. The molecule has 1 N–H and O–H groups in total. The third kappa shape index (κ3) is 3.20. The van der Waals surface area contributed by atoms with Crippen molar-refractivity contribution in [2.75, 3.05) is 6.54 Å². The Balaban J connectivity index is 2.13. The smallest absolute Gasteiger partial charge is 0.303 e. The lowest BCUT2D eigenvalue weighted by Crippen LogP contribution is -2.44. The summed E-state index contributed by atoms with van der Waals surface area (Å²) in [5.41, 5.74) is 1.84. The minimum Gasteiger partial charge on any atom is -0.481 e. The lowest BCUT2D eigenvalue weighted by Gasteiger charge is -2.35. The summed E-state index contributed by atoms with van der Waals surface area (Å²) in [6, 6.07) is 0.0759. The normalized spacial score (nSPS) is 19.1. The number of carboxylic acid groups (broad SMARTS) is 1. The van der Waals surface area contributed by atoms with Crippen LogP contribution in [-0.4, -0.2) is 34.5 Å². The standard InChI is InChI=1S/C15H21NO3S/c1-10-11(2)20-9-13(10)15(19)16-8-4-3-5-12(16)6-7-14(17)18/h9,12H,3-8H2,1-2H3,(H,17,18). The Morgan fingerprint density at radius 3 is 2.75 bits per heavy atom. The van der Waals surface area contributed by atoms with Crippen LogP contribution in [0, 0.1) is 13.8 Å². The highest BCUT2D eigenvalue weighted by atomic mass is 32.1. The van der Waals surface area contributed by atoms with Crippen molar-refractivity contribution in [2.24, 2.45) is 0 Å². The average Bonchev–Trinajstić information content (AvgIpc) is 2.76. The van der Waals surface area contributed by atoms with Crippen LogP contribution in [0.5, 0.6) is 0 Å². The summed E-state index contributed by atoms with van der Waals surface area (Å²) in [5, 5.41) is 10.8. The number of thiophene rings is 1. The van der Waals surface area contributed by atoms with Gasteiger partial charge >= 0.3 is 5.97 Å². The zero-order chi connectivity index (χ0) is 14.7. The molecule has 20 heavy (non-hydrogen) atoms. The number of nitrogens with zero attached hydrogens (tertiary/aromatic N) is 1. The number of aryl methyl sites for hydroxylation is 1. The number of carboxylic acids is 1. The Hall–Kier alpha value is -1.36. The lowest BCUT2D eigenvalue weighted by molar-refractivity contribution is -0.137. The summed E-state index contributed by atoms with van der Waals surface area (Å²) in [6.45, 7) is 4.75. The van der Waals surface area contributed by atoms with Crippen molar-refractivity contribution in [2.45, 2.75) is 52.0 Å². The Kier molecular flexibility index (Phi) is 4.81. The minimum atomic E-state index is -0.787. The van der Waals surface area contributed by atoms with E-state index in [0.29, 0.717) is 6.42 Å². The van der Waals surface area contributed by atoms with Crippen LogP contribution in [0.1, 0.15) is 52.9 Å². The molecular weight excluding hydrogens is 274 g/mol. The first-order chi connectivity index (χ1) is 9.50. The Morgan fingerprint density at radius 2 is 2.15 bits per heavy atom. The molecule has 1 aromatic heterocycles. The Morgan fingerprint density at radius 1 is 1.40 bits per heavy atom. The third-order valence-electron chi connectivity index (χ3n) is 4.10. The third-order valence-corrected chi connectivity index (χ3v) is 5.11. The molecule has 1 aromatic rings. The first-order valence-electron chi connectivity index (χ1n) is 7.08. The second-order valence-electron chi connectivity index (χ2n) is 5.41. The van der Waals surface area contributed by atoms with E-state index in [-0.39, 0.29) is 18.4 Å². The van der Waals surface area contributed by atoms with Crippen LogP contribution in [0.2, 0.25) is 0 Å². The maximum atomic E-state index is 12.7. The van der Waals surface area contributed by atoms with Crippen molar-refractivity contribution < 1.29 is 14.7 Å². The number of carbonyl (C=O) groups excluding carboxylic acids is 1. The summed E-state index contributed by atoms with van der Waals surface area (Å²) >= 11 is 1.60. The van der Waals surface area contributed by atoms with E-state index in [9.17, 15) is 9.59 Å². The number of amides is 1. The predicted molar refractivity (Wildman–Crippen MR) is 79.3 cm³/mol. The first kappa shape index (κ1) is 15.0. The zero-order valence-electron chi connectivity index (χ0n) is 12.0. The van der Waals surface area contributed by atoms with Crippen LogP contribution < -0.4 is 0 Å². The number of aliphatic carboxylic acids is 1. The molecule has 110 valence electrons. The minimum absolute atomic E-state index is 0.0712. The summed E-state index contributed by atoms with van der Waals surface area (Å²) in [7, 11) is 0. The van der Waals surface area contributed by atoms with Crippen molar-refractivity contribution in [1.82, 2.24) is 4.90 Å². The Labute approximate surface area is 123 Å². The van der Waals surface area contributed by atoms with Crippen molar-refractivity contribution in [3.8, 4) is 0 Å². The highest BCUT2D eigenvalue weighted by Gasteiger charge is 2.29. The molecule has 0 aliphatic carbocycles. The fourth-order valence-electron chi connectivity index (χ4n) is 2.74. The summed E-state index contributed by atoms with van der Waals surface area (Å²) in [5.74, 6) is -0.715. The summed E-state index contributed by atoms with van der Waals surface area (Å²) < 4.78 is 0. The predicted octanol–water partition coefficient (Wildman–Crippen LogP) is 3.22. The molecule has 1 fully saturated rings. The van der Waals surface area contributed by atoms with Gasteiger partial charge in [-0.15, -0.1) is 11.3 Å². The van der Waals surface area contributed by atoms with Gasteiger partial charge in [0.2, 0.25) is 0 Å². The van der Waals surface area contributed by atoms with Gasteiger partial charge in [-0.2, -0.15) is 0 Å². The average molecular weight is 295 g/mol. The maximum absolute atomic E-state index is 12.7. The van der Waals surface area contributed by atoms with Crippen LogP contribution in [0.15, 0.2) is 5.38 Å². The van der Waals surface area contributed by atoms with Crippen molar-refractivity contribution >= 4 is 23.2 Å². The topological polar surface area (TPSA) is 57.6 Å². The van der Waals surface area contributed by atoms with Crippen molar-refractivity contribution in [3.63, 3.8) is 0 Å². The molecule has 1 saturated heterocycles. The van der Waals surface area contributed by atoms with Gasteiger partial charge in [-0.1, -0.05) is 0 Å². The van der Waals surface area contributed by atoms with Gasteiger partial charge in [-0.25, -0.2) is 0 Å². The molecular formula is C15H21NO3S. The number of hydrogen-bond donors (Lipinski definition) is 1. The molecule has 0 aromatic carbocycles. The quantitative estimate of drug-likeness (QED) is 0.928. The molecule has 4 nitrogen and oxygen atoms in total. The van der Waals surface area contributed by atoms with E-state index in [4.69, 9.17) is 5.11 Å². The van der Waals surface area contributed by atoms with E-state index in [1.54, 1.807) is 11.3 Å². The maximum Gasteiger partial charge on any atom is 0.303 e. The second kappa shape index (κ2) is 6.39. The van der Waals surface area contributed by atoms with Crippen molar-refractivity contribution in [3.05, 3.63) is 21.4 Å². The molecule has 0 saturated carbocycles. The summed E-state index contributed by atoms with van der Waals surface area (Å²) in [4.78, 5) is 26.5. The monoisotopic (exact) mass is 295 g/mol. The van der Waals surface area contributed by atoms with Gasteiger partial charge in [0.05, 0.1) is 5.56 Å². The van der Waals surface area contributed by atoms with Gasteiger partial charge in [0.1, 0.15) is 0 Å². The lowest BCUT2D eigenvalue weighted by atomic mass is 9.96. The second-order valence-corrected chi connectivity index (χ2v) is 6.49. The van der Waals surface area contributed by atoms with Crippen LogP contribution in [0.4, 0.5) is 0 Å². The fourth-order valence-corrected chi connectivity index (χ4v) is 3.60. The number of carbonyl (C=O) groups is 2. The summed E-state index contributed by atoms with van der Waals surface area (Å²) in [6.07, 6.45) is 3.70. The van der Waals surface area contributed by atoms with Gasteiger partial charge in [0, 0.05) is 29.3 Å². The SMILES string of the molecule is Cc1scc(C(=O)N2CCCCC2CCC(=O)O)c1C. The van der Waals surface area contributed by atoms with Crippen LogP contribution in [0.3, 0.4) is 0 Å². The first-order valence-corrected chi connectivity index (χ1v) is 7.96. The van der Waals surface area contributed by atoms with E-state index < -0.39 is 5.97 Å². The number of piperidine rings is 1. The Bertz CT molecular complexity index is 509. The van der Waals surface area contributed by atoms with Gasteiger partial charge in [0.15, 0.2) is 0 Å². The van der Waals surface area contributed by atoms with E-state index in [0.717, 1.165) is 36.9 Å². The van der Waals surface area contributed by atoms with Crippen LogP contribution >= 0.6 is 11.3 Å². The molecule has 1 unspecified atom stereocenters. The fraction of sp³-hybridized carbons (Fsp3) is 0.600. The molecule has 0 radical (unpaired) electrons. The zero-order valence-corrected chi connectivity index (χ0v) is 12.8. The van der Waals surface area contributed by atoms with Gasteiger partial charge in [-0.3, -0.25) is 9.59 Å². The molecule has 1 aliphatic heterocycles. The molecule has 1 amide bonds. The van der Waals surface area contributed by atoms with E-state index in [2.05, 4.69) is 0 Å². The largest absolute Gasteiger partial charge is 0.481 e. The number of likely N-dealkylation sites (tertiary alicyclic amines) is 1. The molecule has 5 heteroatoms. The molecule has 1 aliphatic rings. The van der Waals surface area contributed by atoms with E-state index in [1.807, 2.05) is 24.1 Å². The van der Waals surface area contributed by atoms with E-state index >= 15 is 0 Å². The molecule has 2 heterocycles. The number of rotatable bonds is 4. The molecule has 2 rings (SSSR count). The molecule has 0 spiro atoms. The number of hydrogen-bond acceptors (Lipinski definition) is 3.